The number of carbonyl (C=O) groups excluding carboxylic acids is 3. The number of nitrogens with zero attached hydrogens (tertiary/aromatic N) is 2. The highest BCUT2D eigenvalue weighted by molar-refractivity contribution is 7.14. The molecule has 0 unspecified atom stereocenters. The SMILES string of the molecule is COC(=O)Nc1ccc(CNC(=O)/C=C/c2csc(N(C(C)=O)c3ccccc3F)n2)cc1. The number of hydrogen-bond acceptors (Lipinski definition) is 6. The number of hydrogen-bond donors (Lipinski definition) is 2. The molecule has 2 N–H and O–H groups in total. The second-order valence-corrected chi connectivity index (χ2v) is 7.56. The quantitative estimate of drug-likeness (QED) is 0.498. The number of thiazole rings is 1. The molecule has 170 valence electrons. The van der Waals surface area contributed by atoms with Crippen LogP contribution in [0.25, 0.3) is 6.08 Å². The average molecular weight is 469 g/mol. The fraction of sp³-hybridized carbons (Fsp3) is 0.130. The Hall–Kier alpha value is -4.05. The van der Waals surface area contributed by atoms with Gasteiger partial charge < -0.3 is 10.1 Å². The predicted octanol–water partition coefficient (Wildman–Crippen LogP) is 4.47. The number of ether oxygens (including phenoxy) is 1. The molecule has 3 amide bonds. The van der Waals surface area contributed by atoms with Gasteiger partial charge in [0.05, 0.1) is 18.5 Å². The van der Waals surface area contributed by atoms with Crippen molar-refractivity contribution in [3.63, 3.8) is 0 Å². The molecule has 3 rings (SSSR count). The summed E-state index contributed by atoms with van der Waals surface area (Å²) in [6.45, 7) is 1.62. The van der Waals surface area contributed by atoms with E-state index < -0.39 is 11.9 Å². The second kappa shape index (κ2) is 11.0. The van der Waals surface area contributed by atoms with Crippen LogP contribution in [0, 0.1) is 5.82 Å². The Morgan fingerprint density at radius 2 is 1.88 bits per heavy atom. The highest BCUT2D eigenvalue weighted by Gasteiger charge is 2.20. The van der Waals surface area contributed by atoms with Crippen molar-refractivity contribution in [2.45, 2.75) is 13.5 Å². The molecule has 0 saturated carbocycles. The van der Waals surface area contributed by atoms with Crippen molar-refractivity contribution in [2.24, 2.45) is 0 Å². The molecular formula is C23H21FN4O4S. The Balaban J connectivity index is 1.59. The molecule has 0 aliphatic carbocycles. The van der Waals surface area contributed by atoms with E-state index in [-0.39, 0.29) is 24.0 Å². The smallest absolute Gasteiger partial charge is 0.411 e. The highest BCUT2D eigenvalue weighted by Crippen LogP contribution is 2.30. The largest absolute Gasteiger partial charge is 0.453 e. The number of nitrogens with one attached hydrogen (secondary N) is 2. The van der Waals surface area contributed by atoms with Gasteiger partial charge in [-0.05, 0) is 35.9 Å². The summed E-state index contributed by atoms with van der Waals surface area (Å²) in [7, 11) is 1.28. The van der Waals surface area contributed by atoms with Crippen molar-refractivity contribution in [1.29, 1.82) is 0 Å². The Morgan fingerprint density at radius 1 is 1.15 bits per heavy atom. The second-order valence-electron chi connectivity index (χ2n) is 6.73. The summed E-state index contributed by atoms with van der Waals surface area (Å²) >= 11 is 1.16. The van der Waals surface area contributed by atoms with E-state index in [0.717, 1.165) is 16.9 Å². The van der Waals surface area contributed by atoms with Crippen LogP contribution in [-0.4, -0.2) is 30.0 Å². The molecule has 2 aromatic carbocycles. The van der Waals surface area contributed by atoms with Gasteiger partial charge in [0.1, 0.15) is 5.82 Å². The number of rotatable bonds is 7. The highest BCUT2D eigenvalue weighted by atomic mass is 32.1. The number of carbonyl (C=O) groups is 3. The summed E-state index contributed by atoms with van der Waals surface area (Å²) in [5, 5.41) is 7.26. The van der Waals surface area contributed by atoms with Gasteiger partial charge in [-0.25, -0.2) is 14.2 Å². The van der Waals surface area contributed by atoms with E-state index in [9.17, 15) is 18.8 Å². The van der Waals surface area contributed by atoms with Gasteiger partial charge in [0.15, 0.2) is 5.13 Å². The van der Waals surface area contributed by atoms with Crippen LogP contribution in [0.5, 0.6) is 0 Å². The number of anilines is 3. The van der Waals surface area contributed by atoms with Gasteiger partial charge in [-0.3, -0.25) is 19.8 Å². The van der Waals surface area contributed by atoms with Crippen molar-refractivity contribution in [1.82, 2.24) is 10.3 Å². The maximum atomic E-state index is 14.2. The van der Waals surface area contributed by atoms with E-state index in [2.05, 4.69) is 20.4 Å². The summed E-state index contributed by atoms with van der Waals surface area (Å²) in [6, 6.07) is 12.9. The maximum Gasteiger partial charge on any atom is 0.411 e. The summed E-state index contributed by atoms with van der Waals surface area (Å²) in [5.41, 5.74) is 1.99. The number of halogens is 1. The van der Waals surface area contributed by atoms with Crippen molar-refractivity contribution in [2.75, 3.05) is 17.3 Å². The van der Waals surface area contributed by atoms with Crippen LogP contribution in [0.3, 0.4) is 0 Å². The van der Waals surface area contributed by atoms with Gasteiger partial charge in [0.25, 0.3) is 0 Å². The normalized spacial score (nSPS) is 10.6. The van der Waals surface area contributed by atoms with Crippen molar-refractivity contribution < 1.29 is 23.5 Å². The minimum Gasteiger partial charge on any atom is -0.453 e. The summed E-state index contributed by atoms with van der Waals surface area (Å²) in [4.78, 5) is 41.0. The predicted molar refractivity (Wildman–Crippen MR) is 125 cm³/mol. The molecule has 0 bridgehead atoms. The van der Waals surface area contributed by atoms with Gasteiger partial charge >= 0.3 is 6.09 Å². The lowest BCUT2D eigenvalue weighted by Gasteiger charge is -2.18. The molecule has 0 saturated heterocycles. The van der Waals surface area contributed by atoms with Gasteiger partial charge in [0, 0.05) is 30.6 Å². The van der Waals surface area contributed by atoms with Crippen LogP contribution in [0.1, 0.15) is 18.2 Å². The molecular weight excluding hydrogens is 447 g/mol. The fourth-order valence-corrected chi connectivity index (χ4v) is 3.63. The van der Waals surface area contributed by atoms with Crippen molar-refractivity contribution >= 4 is 51.8 Å². The standard InChI is InChI=1S/C23H21FN4O4S/c1-15(29)28(20-6-4-3-5-19(20)24)22-26-18(14-33-22)11-12-21(30)25-13-16-7-9-17(10-8-16)27-23(31)32-2/h3-12,14H,13H2,1-2H3,(H,25,30)(H,27,31)/b12-11+. The van der Waals surface area contributed by atoms with E-state index in [1.807, 2.05) is 0 Å². The lowest BCUT2D eigenvalue weighted by Crippen LogP contribution is -2.23. The molecule has 3 aromatic rings. The fourth-order valence-electron chi connectivity index (χ4n) is 2.78. The average Bonchev–Trinajstić information content (AvgIpc) is 3.26. The molecule has 0 aliphatic rings. The van der Waals surface area contributed by atoms with E-state index in [4.69, 9.17) is 0 Å². The minimum absolute atomic E-state index is 0.112. The first-order valence-corrected chi connectivity index (χ1v) is 10.7. The van der Waals surface area contributed by atoms with E-state index in [0.29, 0.717) is 16.5 Å². The third kappa shape index (κ3) is 6.47. The number of amides is 3. The first-order chi connectivity index (χ1) is 15.9. The van der Waals surface area contributed by atoms with Gasteiger partial charge in [-0.2, -0.15) is 0 Å². The molecule has 0 spiro atoms. The molecule has 0 aliphatic heterocycles. The Labute approximate surface area is 193 Å². The number of para-hydroxylation sites is 1. The van der Waals surface area contributed by atoms with Crippen LogP contribution >= 0.6 is 11.3 Å². The molecule has 0 atom stereocenters. The first-order valence-electron chi connectivity index (χ1n) is 9.78. The number of methoxy groups -OCH3 is 1. The zero-order valence-electron chi connectivity index (χ0n) is 17.9. The monoisotopic (exact) mass is 468 g/mol. The molecule has 10 heteroatoms. The lowest BCUT2D eigenvalue weighted by atomic mass is 10.2. The summed E-state index contributed by atoms with van der Waals surface area (Å²) in [5.74, 6) is -1.25. The lowest BCUT2D eigenvalue weighted by molar-refractivity contribution is -0.117. The maximum absolute atomic E-state index is 14.2. The Bertz CT molecular complexity index is 1180. The van der Waals surface area contributed by atoms with Crippen molar-refractivity contribution in [3.05, 3.63) is 77.1 Å². The topological polar surface area (TPSA) is 101 Å². The number of benzene rings is 2. The van der Waals surface area contributed by atoms with Gasteiger partial charge in [0.2, 0.25) is 11.8 Å². The molecule has 1 aromatic heterocycles. The van der Waals surface area contributed by atoms with Crippen LogP contribution in [0.15, 0.2) is 60.0 Å². The zero-order valence-corrected chi connectivity index (χ0v) is 18.7. The van der Waals surface area contributed by atoms with E-state index in [1.165, 1.54) is 43.2 Å². The Kier molecular flexibility index (Phi) is 7.87. The van der Waals surface area contributed by atoms with Gasteiger partial charge in [-0.15, -0.1) is 11.3 Å². The zero-order chi connectivity index (χ0) is 23.8. The molecule has 0 radical (unpaired) electrons. The van der Waals surface area contributed by atoms with Crippen LogP contribution in [0.2, 0.25) is 0 Å². The third-order valence-corrected chi connectivity index (χ3v) is 5.21. The molecule has 0 fully saturated rings. The Morgan fingerprint density at radius 3 is 2.55 bits per heavy atom. The van der Waals surface area contributed by atoms with Crippen LogP contribution in [0.4, 0.5) is 25.7 Å². The van der Waals surface area contributed by atoms with E-state index >= 15 is 0 Å². The molecule has 1 heterocycles. The van der Waals surface area contributed by atoms with Crippen LogP contribution in [-0.2, 0) is 20.9 Å². The van der Waals surface area contributed by atoms with E-state index in [1.54, 1.807) is 41.8 Å². The first kappa shape index (κ1) is 23.6. The molecule has 33 heavy (non-hydrogen) atoms. The number of aromatic nitrogens is 1. The third-order valence-electron chi connectivity index (χ3n) is 4.37. The van der Waals surface area contributed by atoms with Gasteiger partial charge in [-0.1, -0.05) is 24.3 Å². The summed E-state index contributed by atoms with van der Waals surface area (Å²) in [6.07, 6.45) is 2.28. The summed E-state index contributed by atoms with van der Waals surface area (Å²) < 4.78 is 18.7. The molecule has 8 nitrogen and oxygen atoms in total. The van der Waals surface area contributed by atoms with Crippen LogP contribution < -0.4 is 15.5 Å². The van der Waals surface area contributed by atoms with Crippen molar-refractivity contribution in [3.8, 4) is 0 Å². The minimum atomic E-state index is -0.563.